The lowest BCUT2D eigenvalue weighted by molar-refractivity contribution is -0.157. The Kier molecular flexibility index (Phi) is 6.07. The number of nitrogens with zero attached hydrogens (tertiary/aromatic N) is 3. The number of rotatable bonds is 7. The minimum absolute atomic E-state index is 0.145. The number of aromatic nitrogens is 3. The molecule has 4 aromatic rings. The highest BCUT2D eigenvalue weighted by molar-refractivity contribution is 7.22. The SMILES string of the molecule is Cn1cnc(-c2cc3nccc(Cc4ccc(NC(CC(=O)O)C(F)(F)F)cc4F)c3s2)c1. The maximum atomic E-state index is 14.8. The van der Waals surface area contributed by atoms with Gasteiger partial charge < -0.3 is 15.0 Å². The summed E-state index contributed by atoms with van der Waals surface area (Å²) < 4.78 is 56.7. The number of imidazole rings is 1. The van der Waals surface area contributed by atoms with Crippen molar-refractivity contribution in [2.75, 3.05) is 5.32 Å². The molecule has 0 amide bonds. The smallest absolute Gasteiger partial charge is 0.409 e. The van der Waals surface area contributed by atoms with Crippen LogP contribution in [-0.2, 0) is 18.3 Å². The molecule has 6 nitrogen and oxygen atoms in total. The van der Waals surface area contributed by atoms with Gasteiger partial charge >= 0.3 is 12.1 Å². The lowest BCUT2D eigenvalue weighted by Gasteiger charge is -2.21. The third kappa shape index (κ3) is 5.14. The van der Waals surface area contributed by atoms with E-state index in [1.165, 1.54) is 23.5 Å². The number of aryl methyl sites for hydroxylation is 1. The summed E-state index contributed by atoms with van der Waals surface area (Å²) in [6.45, 7) is 0. The van der Waals surface area contributed by atoms with E-state index in [1.54, 1.807) is 18.6 Å². The van der Waals surface area contributed by atoms with Gasteiger partial charge in [-0.05, 0) is 35.4 Å². The fraction of sp³-hybridized carbons (Fsp3) is 0.227. The molecule has 0 radical (unpaired) electrons. The van der Waals surface area contributed by atoms with Crippen molar-refractivity contribution >= 4 is 33.2 Å². The van der Waals surface area contributed by atoms with Gasteiger partial charge in [0.1, 0.15) is 11.9 Å². The monoisotopic (exact) mass is 478 g/mol. The van der Waals surface area contributed by atoms with Gasteiger partial charge in [-0.15, -0.1) is 11.3 Å². The van der Waals surface area contributed by atoms with Gasteiger partial charge in [-0.1, -0.05) is 6.07 Å². The van der Waals surface area contributed by atoms with Crippen LogP contribution in [0.1, 0.15) is 17.5 Å². The predicted molar refractivity (Wildman–Crippen MR) is 117 cm³/mol. The minimum Gasteiger partial charge on any atom is -0.481 e. The lowest BCUT2D eigenvalue weighted by atomic mass is 10.0. The van der Waals surface area contributed by atoms with Crippen LogP contribution in [0.3, 0.4) is 0 Å². The Morgan fingerprint density at radius 1 is 1.21 bits per heavy atom. The molecule has 3 heterocycles. The van der Waals surface area contributed by atoms with Crippen LogP contribution in [0.15, 0.2) is 49.1 Å². The number of carboxylic acids is 1. The van der Waals surface area contributed by atoms with Gasteiger partial charge in [-0.2, -0.15) is 13.2 Å². The van der Waals surface area contributed by atoms with Crippen LogP contribution in [-0.4, -0.2) is 37.8 Å². The Labute approximate surface area is 189 Å². The van der Waals surface area contributed by atoms with E-state index in [0.29, 0.717) is 5.56 Å². The average molecular weight is 478 g/mol. The molecule has 0 spiro atoms. The topological polar surface area (TPSA) is 80.0 Å². The van der Waals surface area contributed by atoms with Gasteiger partial charge in [0.05, 0.1) is 33.5 Å². The highest BCUT2D eigenvalue weighted by atomic mass is 32.1. The molecule has 0 aliphatic rings. The second kappa shape index (κ2) is 8.81. The molecule has 1 atom stereocenters. The maximum Gasteiger partial charge on any atom is 0.409 e. The standard InChI is InChI=1S/C22H18F4N4O2S/c1-30-10-17(28-11-30)18-8-16-21(33-18)13(4-5-27-16)6-12-2-3-14(7-15(12)23)29-19(9-20(31)32)22(24,25)26/h2-5,7-8,10-11,19,29H,6,9H2,1H3,(H,31,32). The summed E-state index contributed by atoms with van der Waals surface area (Å²) in [4.78, 5) is 20.4. The number of hydrogen-bond donors (Lipinski definition) is 2. The Hall–Kier alpha value is -3.47. The van der Waals surface area contributed by atoms with E-state index in [2.05, 4.69) is 15.3 Å². The zero-order valence-electron chi connectivity index (χ0n) is 17.2. The summed E-state index contributed by atoms with van der Waals surface area (Å²) in [6.07, 6.45) is -0.544. The summed E-state index contributed by atoms with van der Waals surface area (Å²) in [5.41, 5.74) is 2.52. The van der Waals surface area contributed by atoms with E-state index >= 15 is 0 Å². The molecule has 4 rings (SSSR count). The van der Waals surface area contributed by atoms with E-state index < -0.39 is 30.4 Å². The second-order valence-corrected chi connectivity index (χ2v) is 8.59. The number of anilines is 1. The van der Waals surface area contributed by atoms with Crippen molar-refractivity contribution in [1.82, 2.24) is 14.5 Å². The number of halogens is 4. The molecule has 11 heteroatoms. The molecule has 0 aliphatic carbocycles. The normalized spacial score (nSPS) is 12.8. The summed E-state index contributed by atoms with van der Waals surface area (Å²) >= 11 is 1.48. The first-order valence-corrected chi connectivity index (χ1v) is 10.6. The molecule has 0 fully saturated rings. The van der Waals surface area contributed by atoms with Crippen molar-refractivity contribution in [2.24, 2.45) is 7.05 Å². The quantitative estimate of drug-likeness (QED) is 0.355. The zero-order chi connectivity index (χ0) is 23.8. The van der Waals surface area contributed by atoms with Crippen molar-refractivity contribution in [1.29, 1.82) is 0 Å². The van der Waals surface area contributed by atoms with E-state index in [4.69, 9.17) is 5.11 Å². The molecule has 0 bridgehead atoms. The number of fused-ring (bicyclic) bond motifs is 1. The van der Waals surface area contributed by atoms with Gasteiger partial charge in [0, 0.05) is 31.5 Å². The number of aliphatic carboxylic acids is 1. The number of alkyl halides is 3. The van der Waals surface area contributed by atoms with E-state index in [0.717, 1.165) is 32.4 Å². The Bertz CT molecular complexity index is 1320. The first-order chi connectivity index (χ1) is 15.6. The van der Waals surface area contributed by atoms with Crippen molar-refractivity contribution in [3.8, 4) is 10.6 Å². The van der Waals surface area contributed by atoms with Crippen LogP contribution < -0.4 is 5.32 Å². The molecule has 0 aliphatic heterocycles. The molecular formula is C22H18F4N4O2S. The highest BCUT2D eigenvalue weighted by Gasteiger charge is 2.41. The number of nitrogens with one attached hydrogen (secondary N) is 1. The molecule has 0 saturated heterocycles. The summed E-state index contributed by atoms with van der Waals surface area (Å²) in [7, 11) is 1.87. The van der Waals surface area contributed by atoms with Crippen LogP contribution in [0.5, 0.6) is 0 Å². The first kappa shape index (κ1) is 22.7. The molecule has 2 N–H and O–H groups in total. The molecule has 1 unspecified atom stereocenters. The Balaban J connectivity index is 1.58. The lowest BCUT2D eigenvalue weighted by Crippen LogP contribution is -2.38. The van der Waals surface area contributed by atoms with Gasteiger partial charge in [0.15, 0.2) is 0 Å². The van der Waals surface area contributed by atoms with Gasteiger partial charge in [0.25, 0.3) is 0 Å². The maximum absolute atomic E-state index is 14.8. The summed E-state index contributed by atoms with van der Waals surface area (Å²) in [6, 6.07) is 5.02. The van der Waals surface area contributed by atoms with Gasteiger partial charge in [-0.25, -0.2) is 9.37 Å². The fourth-order valence-corrected chi connectivity index (χ4v) is 4.49. The van der Waals surface area contributed by atoms with Crippen molar-refractivity contribution < 1.29 is 27.5 Å². The third-order valence-corrected chi connectivity index (χ3v) is 6.22. The van der Waals surface area contributed by atoms with Crippen LogP contribution >= 0.6 is 11.3 Å². The molecule has 3 aromatic heterocycles. The molecular weight excluding hydrogens is 460 g/mol. The number of carboxylic acid groups (broad SMARTS) is 1. The Morgan fingerprint density at radius 3 is 2.64 bits per heavy atom. The average Bonchev–Trinajstić information content (AvgIpc) is 3.35. The van der Waals surface area contributed by atoms with Crippen molar-refractivity contribution in [2.45, 2.75) is 25.1 Å². The number of benzene rings is 1. The highest BCUT2D eigenvalue weighted by Crippen LogP contribution is 2.35. The molecule has 1 aromatic carbocycles. The van der Waals surface area contributed by atoms with Crippen LogP contribution in [0.4, 0.5) is 23.2 Å². The first-order valence-electron chi connectivity index (χ1n) is 9.79. The van der Waals surface area contributed by atoms with Crippen LogP contribution in [0.25, 0.3) is 20.8 Å². The van der Waals surface area contributed by atoms with E-state index in [9.17, 15) is 22.4 Å². The number of hydrogen-bond acceptors (Lipinski definition) is 5. The minimum atomic E-state index is -4.79. The molecule has 0 saturated carbocycles. The van der Waals surface area contributed by atoms with E-state index in [1.807, 2.05) is 23.9 Å². The van der Waals surface area contributed by atoms with Crippen LogP contribution in [0.2, 0.25) is 0 Å². The van der Waals surface area contributed by atoms with Crippen LogP contribution in [0, 0.1) is 5.82 Å². The number of carbonyl (C=O) groups is 1. The second-order valence-electron chi connectivity index (χ2n) is 7.54. The number of pyridine rings is 1. The van der Waals surface area contributed by atoms with E-state index in [-0.39, 0.29) is 12.1 Å². The summed E-state index contributed by atoms with van der Waals surface area (Å²) in [5.74, 6) is -2.30. The largest absolute Gasteiger partial charge is 0.481 e. The van der Waals surface area contributed by atoms with Crippen molar-refractivity contribution in [3.63, 3.8) is 0 Å². The summed E-state index contributed by atoms with van der Waals surface area (Å²) in [5, 5.41) is 10.8. The predicted octanol–water partition coefficient (Wildman–Crippen LogP) is 5.24. The number of thiophene rings is 1. The Morgan fingerprint density at radius 2 is 2.00 bits per heavy atom. The van der Waals surface area contributed by atoms with Gasteiger partial charge in [0.2, 0.25) is 0 Å². The molecule has 172 valence electrons. The third-order valence-electron chi connectivity index (χ3n) is 5.00. The molecule has 33 heavy (non-hydrogen) atoms. The van der Waals surface area contributed by atoms with Gasteiger partial charge in [-0.3, -0.25) is 9.78 Å². The fourth-order valence-electron chi connectivity index (χ4n) is 3.41. The zero-order valence-corrected chi connectivity index (χ0v) is 18.0. The van der Waals surface area contributed by atoms with Crippen molar-refractivity contribution in [3.05, 3.63) is 66.0 Å².